The molecule has 0 N–H and O–H groups in total. The Hall–Kier alpha value is -1.30. The third-order valence-corrected chi connectivity index (χ3v) is 4.49. The summed E-state index contributed by atoms with van der Waals surface area (Å²) in [7, 11) is 0. The van der Waals surface area contributed by atoms with Gasteiger partial charge in [0, 0.05) is 11.3 Å². The van der Waals surface area contributed by atoms with E-state index in [4.69, 9.17) is 5.26 Å². The van der Waals surface area contributed by atoms with Gasteiger partial charge in [-0.05, 0) is 30.6 Å². The van der Waals surface area contributed by atoms with Gasteiger partial charge >= 0.3 is 0 Å². The zero-order valence-corrected chi connectivity index (χ0v) is 10.1. The Morgan fingerprint density at radius 1 is 1.56 bits per heavy atom. The van der Waals surface area contributed by atoms with Crippen LogP contribution in [0.25, 0.3) is 0 Å². The average molecular weight is 215 g/mol. The van der Waals surface area contributed by atoms with Crippen LogP contribution in [0.2, 0.25) is 0 Å². The second-order valence-corrected chi connectivity index (χ2v) is 5.69. The number of aryl methyl sites for hydroxylation is 2. The maximum atomic E-state index is 8.64. The van der Waals surface area contributed by atoms with E-state index in [9.17, 15) is 0 Å². The minimum atomic E-state index is 0.487. The molecule has 3 rings (SSSR count). The van der Waals surface area contributed by atoms with E-state index in [0.717, 1.165) is 18.4 Å². The molecule has 16 heavy (non-hydrogen) atoms. The van der Waals surface area contributed by atoms with Gasteiger partial charge in [-0.3, -0.25) is 4.68 Å². The minimum absolute atomic E-state index is 0.487. The van der Waals surface area contributed by atoms with Crippen molar-refractivity contribution in [2.75, 3.05) is 0 Å². The van der Waals surface area contributed by atoms with E-state index in [1.54, 1.807) is 0 Å². The van der Waals surface area contributed by atoms with Crippen molar-refractivity contribution in [3.8, 4) is 6.07 Å². The quantitative estimate of drug-likeness (QED) is 0.760. The SMILES string of the molecule is Cc1nn(CCC#N)c2c1[C@@H]1[C@@H](C2)C1(C)C. The van der Waals surface area contributed by atoms with Crippen LogP contribution < -0.4 is 0 Å². The van der Waals surface area contributed by atoms with Gasteiger partial charge in [-0.15, -0.1) is 0 Å². The Balaban J connectivity index is 1.96. The first kappa shape index (κ1) is 9.89. The lowest BCUT2D eigenvalue weighted by Crippen LogP contribution is -2.07. The molecule has 0 aromatic carbocycles. The first-order chi connectivity index (χ1) is 7.57. The number of fused-ring (bicyclic) bond motifs is 3. The van der Waals surface area contributed by atoms with Crippen LogP contribution >= 0.6 is 0 Å². The van der Waals surface area contributed by atoms with E-state index < -0.39 is 0 Å². The first-order valence-corrected chi connectivity index (χ1v) is 6.00. The second kappa shape index (κ2) is 2.88. The molecule has 1 aromatic heterocycles. The van der Waals surface area contributed by atoms with Gasteiger partial charge in [0.2, 0.25) is 0 Å². The number of nitrogens with zero attached hydrogens (tertiary/aromatic N) is 3. The molecule has 0 saturated heterocycles. The molecule has 1 fully saturated rings. The zero-order chi connectivity index (χ0) is 11.5. The third-order valence-electron chi connectivity index (χ3n) is 4.49. The van der Waals surface area contributed by atoms with Crippen LogP contribution in [0.1, 0.15) is 43.1 Å². The van der Waals surface area contributed by atoms with Crippen molar-refractivity contribution in [2.24, 2.45) is 11.3 Å². The normalized spacial score (nSPS) is 28.4. The summed E-state index contributed by atoms with van der Waals surface area (Å²) < 4.78 is 2.07. The fraction of sp³-hybridized carbons (Fsp3) is 0.692. The Labute approximate surface area is 96.1 Å². The highest BCUT2D eigenvalue weighted by molar-refractivity contribution is 5.45. The van der Waals surface area contributed by atoms with Crippen LogP contribution in [-0.4, -0.2) is 9.78 Å². The summed E-state index contributed by atoms with van der Waals surface area (Å²) in [6.07, 6.45) is 1.73. The zero-order valence-electron chi connectivity index (χ0n) is 10.1. The summed E-state index contributed by atoms with van der Waals surface area (Å²) >= 11 is 0. The van der Waals surface area contributed by atoms with Crippen molar-refractivity contribution >= 4 is 0 Å². The lowest BCUT2D eigenvalue weighted by molar-refractivity contribution is 0.514. The van der Waals surface area contributed by atoms with Crippen LogP contribution in [0.4, 0.5) is 0 Å². The molecule has 2 atom stereocenters. The highest BCUT2D eigenvalue weighted by Gasteiger charge is 2.63. The Kier molecular flexibility index (Phi) is 1.78. The molecule has 1 heterocycles. The topological polar surface area (TPSA) is 41.6 Å². The molecule has 0 radical (unpaired) electrons. The second-order valence-electron chi connectivity index (χ2n) is 5.69. The van der Waals surface area contributed by atoms with Gasteiger partial charge in [-0.25, -0.2) is 0 Å². The first-order valence-electron chi connectivity index (χ1n) is 6.00. The van der Waals surface area contributed by atoms with Gasteiger partial charge in [0.05, 0.1) is 24.7 Å². The number of rotatable bonds is 2. The molecule has 0 aliphatic heterocycles. The van der Waals surface area contributed by atoms with Crippen molar-refractivity contribution in [3.05, 3.63) is 17.0 Å². The maximum Gasteiger partial charge on any atom is 0.0641 e. The Morgan fingerprint density at radius 2 is 2.31 bits per heavy atom. The van der Waals surface area contributed by atoms with Crippen molar-refractivity contribution in [3.63, 3.8) is 0 Å². The summed E-state index contributed by atoms with van der Waals surface area (Å²) in [4.78, 5) is 0. The number of aromatic nitrogens is 2. The van der Waals surface area contributed by atoms with E-state index in [1.807, 2.05) is 0 Å². The summed E-state index contributed by atoms with van der Waals surface area (Å²) in [5.41, 5.74) is 4.57. The van der Waals surface area contributed by atoms with E-state index >= 15 is 0 Å². The molecule has 1 saturated carbocycles. The summed E-state index contributed by atoms with van der Waals surface area (Å²) in [6.45, 7) is 7.58. The fourth-order valence-corrected chi connectivity index (χ4v) is 3.51. The van der Waals surface area contributed by atoms with Gasteiger partial charge in [-0.2, -0.15) is 10.4 Å². The summed E-state index contributed by atoms with van der Waals surface area (Å²) in [5.74, 6) is 1.56. The molecule has 2 aliphatic rings. The molecule has 0 amide bonds. The standard InChI is InChI=1S/C13H17N3/c1-8-11-10(16(15-8)6-4-5-14)7-9-12(11)13(9,2)3/h9,12H,4,6-7H2,1-3H3/t9-,12+/m1/s1. The molecule has 84 valence electrons. The van der Waals surface area contributed by atoms with Crippen LogP contribution in [0.15, 0.2) is 0 Å². The molecular formula is C13H17N3. The van der Waals surface area contributed by atoms with Crippen LogP contribution in [0, 0.1) is 29.6 Å². The highest BCUT2D eigenvalue weighted by Crippen LogP contribution is 2.70. The van der Waals surface area contributed by atoms with Gasteiger partial charge in [0.15, 0.2) is 0 Å². The van der Waals surface area contributed by atoms with E-state index in [0.29, 0.717) is 11.8 Å². The van der Waals surface area contributed by atoms with Crippen LogP contribution in [0.5, 0.6) is 0 Å². The van der Waals surface area contributed by atoms with Crippen molar-refractivity contribution in [2.45, 2.75) is 46.1 Å². The van der Waals surface area contributed by atoms with E-state index in [1.165, 1.54) is 23.4 Å². The van der Waals surface area contributed by atoms with Crippen molar-refractivity contribution < 1.29 is 0 Å². The molecule has 3 nitrogen and oxygen atoms in total. The molecule has 0 bridgehead atoms. The summed E-state index contributed by atoms with van der Waals surface area (Å²) in [6, 6.07) is 2.19. The predicted octanol–water partition coefficient (Wildman–Crippen LogP) is 2.40. The minimum Gasteiger partial charge on any atom is -0.268 e. The van der Waals surface area contributed by atoms with Gasteiger partial charge in [0.25, 0.3) is 0 Å². The highest BCUT2D eigenvalue weighted by atomic mass is 15.3. The van der Waals surface area contributed by atoms with Gasteiger partial charge in [0.1, 0.15) is 0 Å². The number of hydrogen-bond acceptors (Lipinski definition) is 2. The van der Waals surface area contributed by atoms with E-state index in [2.05, 4.69) is 36.6 Å². The largest absolute Gasteiger partial charge is 0.268 e. The summed E-state index contributed by atoms with van der Waals surface area (Å²) in [5, 5.41) is 13.2. The molecule has 2 aliphatic carbocycles. The van der Waals surface area contributed by atoms with E-state index in [-0.39, 0.29) is 0 Å². The van der Waals surface area contributed by atoms with Crippen LogP contribution in [0.3, 0.4) is 0 Å². The van der Waals surface area contributed by atoms with Crippen molar-refractivity contribution in [1.82, 2.24) is 9.78 Å². The smallest absolute Gasteiger partial charge is 0.0641 e. The van der Waals surface area contributed by atoms with Crippen LogP contribution in [-0.2, 0) is 13.0 Å². The molecule has 0 unspecified atom stereocenters. The maximum absolute atomic E-state index is 8.64. The Bertz CT molecular complexity index is 490. The lowest BCUT2D eigenvalue weighted by atomic mass is 9.98. The predicted molar refractivity (Wildman–Crippen MR) is 60.9 cm³/mol. The fourth-order valence-electron chi connectivity index (χ4n) is 3.51. The molecule has 0 spiro atoms. The van der Waals surface area contributed by atoms with Gasteiger partial charge < -0.3 is 0 Å². The lowest BCUT2D eigenvalue weighted by Gasteiger charge is -2.09. The van der Waals surface area contributed by atoms with Crippen molar-refractivity contribution in [1.29, 1.82) is 5.26 Å². The monoisotopic (exact) mass is 215 g/mol. The molecule has 1 aromatic rings. The third kappa shape index (κ3) is 1.05. The number of hydrogen-bond donors (Lipinski definition) is 0. The number of nitriles is 1. The average Bonchev–Trinajstić information content (AvgIpc) is 2.62. The van der Waals surface area contributed by atoms with Gasteiger partial charge in [-0.1, -0.05) is 13.8 Å². The Morgan fingerprint density at radius 3 is 3.00 bits per heavy atom. The molecular weight excluding hydrogens is 198 g/mol. The molecule has 3 heteroatoms.